The van der Waals surface area contributed by atoms with E-state index in [-0.39, 0.29) is 11.6 Å². The van der Waals surface area contributed by atoms with E-state index in [1.807, 2.05) is 0 Å². The second-order valence-corrected chi connectivity index (χ2v) is 2.95. The minimum Gasteiger partial charge on any atom is -0.370 e. The third kappa shape index (κ3) is 3.26. The predicted octanol–water partition coefficient (Wildman–Crippen LogP) is 0.939. The average molecular weight is 210 g/mol. The van der Waals surface area contributed by atoms with E-state index in [2.05, 4.69) is 10.3 Å². The van der Waals surface area contributed by atoms with Crippen LogP contribution >= 0.6 is 0 Å². The van der Waals surface area contributed by atoms with Crippen LogP contribution in [0.2, 0.25) is 0 Å². The number of guanidine groups is 1. The van der Waals surface area contributed by atoms with Gasteiger partial charge in [0.05, 0.1) is 5.69 Å². The molecule has 0 heterocycles. The molecule has 1 aromatic carbocycles. The molecule has 0 bridgehead atoms. The smallest absolute Gasteiger partial charge is 0.348 e. The molecule has 0 unspecified atom stereocenters. The van der Waals surface area contributed by atoms with Crippen LogP contribution in [0.25, 0.3) is 0 Å². The number of nitrogens with one attached hydrogen (secondary N) is 1. The molecule has 6 heteroatoms. The van der Waals surface area contributed by atoms with Gasteiger partial charge in [-0.25, -0.2) is 9.18 Å². The van der Waals surface area contributed by atoms with Crippen LogP contribution < -0.4 is 16.8 Å². The summed E-state index contributed by atoms with van der Waals surface area (Å²) in [5.41, 5.74) is 10.8. The first kappa shape index (κ1) is 11.0. The number of carbonyl (C=O) groups excluding carboxylic acids is 1. The van der Waals surface area contributed by atoms with Crippen molar-refractivity contribution in [2.24, 2.45) is 16.5 Å². The number of hydrogen-bond donors (Lipinski definition) is 3. The SMILES string of the molecule is Cc1ccc(NC(=O)N=C(N)N)c(F)c1. The van der Waals surface area contributed by atoms with Crippen LogP contribution in [0.5, 0.6) is 0 Å². The Bertz CT molecular complexity index is 413. The monoisotopic (exact) mass is 210 g/mol. The van der Waals surface area contributed by atoms with E-state index in [0.29, 0.717) is 0 Å². The van der Waals surface area contributed by atoms with Gasteiger partial charge in [-0.15, -0.1) is 0 Å². The van der Waals surface area contributed by atoms with E-state index in [1.54, 1.807) is 13.0 Å². The quantitative estimate of drug-likeness (QED) is 0.475. The molecule has 0 fully saturated rings. The molecule has 0 radical (unpaired) electrons. The fourth-order valence-corrected chi connectivity index (χ4v) is 0.982. The van der Waals surface area contributed by atoms with Gasteiger partial charge in [-0.3, -0.25) is 0 Å². The Balaban J connectivity index is 2.82. The van der Waals surface area contributed by atoms with Crippen LogP contribution in [0, 0.1) is 12.7 Å². The highest BCUT2D eigenvalue weighted by molar-refractivity contribution is 5.98. The van der Waals surface area contributed by atoms with Crippen LogP contribution in [0.3, 0.4) is 0 Å². The van der Waals surface area contributed by atoms with Crippen LogP contribution in [-0.2, 0) is 0 Å². The first-order valence-corrected chi connectivity index (χ1v) is 4.16. The Morgan fingerprint density at radius 2 is 2.13 bits per heavy atom. The number of nitrogens with zero attached hydrogens (tertiary/aromatic N) is 1. The molecule has 5 nitrogen and oxygen atoms in total. The van der Waals surface area contributed by atoms with Crippen molar-refractivity contribution in [1.29, 1.82) is 0 Å². The summed E-state index contributed by atoms with van der Waals surface area (Å²) in [5.74, 6) is -0.908. The van der Waals surface area contributed by atoms with Crippen molar-refractivity contribution in [2.75, 3.05) is 5.32 Å². The molecule has 2 amide bonds. The first-order chi connectivity index (χ1) is 6.99. The van der Waals surface area contributed by atoms with Crippen molar-refractivity contribution >= 4 is 17.7 Å². The molecular formula is C9H11FN4O. The van der Waals surface area contributed by atoms with Crippen molar-refractivity contribution in [1.82, 2.24) is 0 Å². The summed E-state index contributed by atoms with van der Waals surface area (Å²) in [4.78, 5) is 14.2. The number of rotatable bonds is 1. The third-order valence-corrected chi connectivity index (χ3v) is 1.60. The van der Waals surface area contributed by atoms with E-state index < -0.39 is 11.8 Å². The fraction of sp³-hybridized carbons (Fsp3) is 0.111. The summed E-state index contributed by atoms with van der Waals surface area (Å²) in [6.45, 7) is 1.74. The summed E-state index contributed by atoms with van der Waals surface area (Å²) in [5, 5.41) is 2.21. The Kier molecular flexibility index (Phi) is 3.22. The minimum absolute atomic E-state index is 0.0376. The van der Waals surface area contributed by atoms with E-state index in [1.165, 1.54) is 12.1 Å². The molecule has 0 atom stereocenters. The molecule has 5 N–H and O–H groups in total. The van der Waals surface area contributed by atoms with Gasteiger partial charge in [-0.1, -0.05) is 6.07 Å². The maximum Gasteiger partial charge on any atom is 0.348 e. The van der Waals surface area contributed by atoms with E-state index in [4.69, 9.17) is 11.5 Å². The summed E-state index contributed by atoms with van der Waals surface area (Å²) in [6, 6.07) is 3.59. The third-order valence-electron chi connectivity index (χ3n) is 1.60. The lowest BCUT2D eigenvalue weighted by molar-refractivity contribution is 0.259. The van der Waals surface area contributed by atoms with Gasteiger partial charge in [0.15, 0.2) is 5.96 Å². The van der Waals surface area contributed by atoms with Crippen molar-refractivity contribution in [3.8, 4) is 0 Å². The number of halogens is 1. The normalized spacial score (nSPS) is 9.47. The molecule has 1 aromatic rings. The van der Waals surface area contributed by atoms with Gasteiger partial charge in [0.25, 0.3) is 0 Å². The molecule has 0 spiro atoms. The van der Waals surface area contributed by atoms with E-state index >= 15 is 0 Å². The number of carbonyl (C=O) groups is 1. The average Bonchev–Trinajstić information content (AvgIpc) is 2.08. The van der Waals surface area contributed by atoms with Gasteiger partial charge in [-0.05, 0) is 24.6 Å². The molecule has 0 saturated heterocycles. The zero-order chi connectivity index (χ0) is 11.4. The predicted molar refractivity (Wildman–Crippen MR) is 56.0 cm³/mol. The standard InChI is InChI=1S/C9H11FN4O/c1-5-2-3-7(6(10)4-5)13-9(15)14-8(11)12/h2-4H,1H3,(H5,11,12,13,14,15). The summed E-state index contributed by atoms with van der Waals surface area (Å²) in [7, 11) is 0. The molecule has 0 saturated carbocycles. The largest absolute Gasteiger partial charge is 0.370 e. The lowest BCUT2D eigenvalue weighted by Crippen LogP contribution is -2.25. The summed E-state index contributed by atoms with van der Waals surface area (Å²) in [6.07, 6.45) is 0. The van der Waals surface area contributed by atoms with Crippen LogP contribution in [-0.4, -0.2) is 12.0 Å². The second kappa shape index (κ2) is 4.41. The zero-order valence-corrected chi connectivity index (χ0v) is 8.12. The number of hydrogen-bond acceptors (Lipinski definition) is 1. The van der Waals surface area contributed by atoms with Crippen LogP contribution in [0.4, 0.5) is 14.9 Å². The second-order valence-electron chi connectivity index (χ2n) is 2.95. The van der Waals surface area contributed by atoms with E-state index in [9.17, 15) is 9.18 Å². The molecule has 1 rings (SSSR count). The number of nitrogens with two attached hydrogens (primary N) is 2. The Labute approximate surface area is 86.0 Å². The Morgan fingerprint density at radius 1 is 1.47 bits per heavy atom. The van der Waals surface area contributed by atoms with Crippen molar-refractivity contribution in [3.63, 3.8) is 0 Å². The number of anilines is 1. The van der Waals surface area contributed by atoms with Gasteiger partial charge >= 0.3 is 6.03 Å². The van der Waals surface area contributed by atoms with Gasteiger partial charge in [0.1, 0.15) is 5.82 Å². The van der Waals surface area contributed by atoms with E-state index in [0.717, 1.165) is 5.56 Å². The summed E-state index contributed by atoms with van der Waals surface area (Å²) >= 11 is 0. The molecular weight excluding hydrogens is 199 g/mol. The van der Waals surface area contributed by atoms with Crippen molar-refractivity contribution in [2.45, 2.75) is 6.92 Å². The lowest BCUT2D eigenvalue weighted by atomic mass is 10.2. The highest BCUT2D eigenvalue weighted by atomic mass is 19.1. The highest BCUT2D eigenvalue weighted by Crippen LogP contribution is 2.15. The fourth-order valence-electron chi connectivity index (χ4n) is 0.982. The van der Waals surface area contributed by atoms with Gasteiger partial charge in [0.2, 0.25) is 0 Å². The number of aryl methyl sites for hydroxylation is 1. The van der Waals surface area contributed by atoms with Crippen LogP contribution in [0.15, 0.2) is 23.2 Å². The number of urea groups is 1. The zero-order valence-electron chi connectivity index (χ0n) is 8.12. The van der Waals surface area contributed by atoms with Gasteiger partial charge in [-0.2, -0.15) is 4.99 Å². The summed E-state index contributed by atoms with van der Waals surface area (Å²) < 4.78 is 13.2. The van der Waals surface area contributed by atoms with Gasteiger partial charge in [0, 0.05) is 0 Å². The Hall–Kier alpha value is -2.11. The number of benzene rings is 1. The maximum absolute atomic E-state index is 13.2. The minimum atomic E-state index is -0.808. The molecule has 0 aliphatic rings. The van der Waals surface area contributed by atoms with Gasteiger partial charge < -0.3 is 16.8 Å². The maximum atomic E-state index is 13.2. The lowest BCUT2D eigenvalue weighted by Gasteiger charge is -2.03. The van der Waals surface area contributed by atoms with Crippen molar-refractivity contribution in [3.05, 3.63) is 29.6 Å². The van der Waals surface area contributed by atoms with Crippen LogP contribution in [0.1, 0.15) is 5.56 Å². The molecule has 80 valence electrons. The number of amides is 2. The van der Waals surface area contributed by atoms with Crippen molar-refractivity contribution < 1.29 is 9.18 Å². The topological polar surface area (TPSA) is 93.5 Å². The molecule has 0 aliphatic heterocycles. The molecule has 0 aliphatic carbocycles. The first-order valence-electron chi connectivity index (χ1n) is 4.16. The Morgan fingerprint density at radius 3 is 2.67 bits per heavy atom. The molecule has 15 heavy (non-hydrogen) atoms. The molecule has 0 aromatic heterocycles. The number of aliphatic imine (C=N–C) groups is 1. The highest BCUT2D eigenvalue weighted by Gasteiger charge is 2.05.